The highest BCUT2D eigenvalue weighted by Gasteiger charge is 2.26. The minimum absolute atomic E-state index is 0.999. The van der Waals surface area contributed by atoms with Gasteiger partial charge in [0.1, 0.15) is 5.82 Å². The van der Waals surface area contributed by atoms with E-state index in [1.54, 1.807) is 0 Å². The normalized spacial score (nSPS) is 20.6. The first kappa shape index (κ1) is 14.8. The van der Waals surface area contributed by atoms with Crippen LogP contribution in [-0.2, 0) is 6.54 Å². The van der Waals surface area contributed by atoms with Crippen LogP contribution >= 0.6 is 0 Å². The molecule has 1 aromatic heterocycles. The highest BCUT2D eigenvalue weighted by Crippen LogP contribution is 2.30. The van der Waals surface area contributed by atoms with Crippen molar-refractivity contribution in [3.8, 4) is 0 Å². The Balaban J connectivity index is 1.50. The van der Waals surface area contributed by atoms with Crippen molar-refractivity contribution in [1.29, 1.82) is 0 Å². The average Bonchev–Trinajstić information content (AvgIpc) is 3.32. The van der Waals surface area contributed by atoms with Gasteiger partial charge in [-0.15, -0.1) is 0 Å². The van der Waals surface area contributed by atoms with E-state index in [9.17, 15) is 0 Å². The summed E-state index contributed by atoms with van der Waals surface area (Å²) < 4.78 is 0. The van der Waals surface area contributed by atoms with E-state index in [0.717, 1.165) is 31.2 Å². The van der Waals surface area contributed by atoms with Crippen LogP contribution in [0, 0.1) is 5.92 Å². The molecule has 4 nitrogen and oxygen atoms in total. The fourth-order valence-corrected chi connectivity index (χ4v) is 3.01. The maximum Gasteiger partial charge on any atom is 0.130 e. The summed E-state index contributed by atoms with van der Waals surface area (Å²) >= 11 is 0. The van der Waals surface area contributed by atoms with E-state index in [4.69, 9.17) is 0 Å². The molecule has 0 aromatic carbocycles. The maximum atomic E-state index is 4.50. The van der Waals surface area contributed by atoms with Crippen molar-refractivity contribution in [2.24, 2.45) is 5.92 Å². The lowest BCUT2D eigenvalue weighted by Gasteiger charge is -2.35. The lowest BCUT2D eigenvalue weighted by molar-refractivity contribution is 0.123. The SMILES string of the molecule is CCCNc1ncccc1CN1CCN(CC2CC2)CC1. The zero-order valence-corrected chi connectivity index (χ0v) is 13.2. The molecule has 1 N–H and O–H groups in total. The topological polar surface area (TPSA) is 31.4 Å². The second-order valence-electron chi connectivity index (χ2n) is 6.46. The highest BCUT2D eigenvalue weighted by molar-refractivity contribution is 5.43. The lowest BCUT2D eigenvalue weighted by Crippen LogP contribution is -2.46. The Labute approximate surface area is 128 Å². The van der Waals surface area contributed by atoms with Crippen LogP contribution in [-0.4, -0.2) is 54.1 Å². The van der Waals surface area contributed by atoms with Crippen LogP contribution in [0.1, 0.15) is 31.7 Å². The van der Waals surface area contributed by atoms with Gasteiger partial charge in [-0.05, 0) is 31.2 Å². The quantitative estimate of drug-likeness (QED) is 0.835. The van der Waals surface area contributed by atoms with Gasteiger partial charge in [0.2, 0.25) is 0 Å². The number of aromatic nitrogens is 1. The van der Waals surface area contributed by atoms with Gasteiger partial charge in [0.05, 0.1) is 0 Å². The Morgan fingerprint density at radius 3 is 2.67 bits per heavy atom. The summed E-state index contributed by atoms with van der Waals surface area (Å²) in [6.45, 7) is 10.4. The largest absolute Gasteiger partial charge is 0.370 e. The second kappa shape index (κ2) is 7.23. The molecule has 0 radical (unpaired) electrons. The van der Waals surface area contributed by atoms with Crippen molar-refractivity contribution in [3.05, 3.63) is 23.9 Å². The van der Waals surface area contributed by atoms with Gasteiger partial charge >= 0.3 is 0 Å². The Hall–Kier alpha value is -1.13. The van der Waals surface area contributed by atoms with Crippen molar-refractivity contribution in [2.75, 3.05) is 44.6 Å². The van der Waals surface area contributed by atoms with E-state index < -0.39 is 0 Å². The monoisotopic (exact) mass is 288 g/mol. The van der Waals surface area contributed by atoms with E-state index >= 15 is 0 Å². The number of pyridine rings is 1. The molecular formula is C17H28N4. The van der Waals surface area contributed by atoms with E-state index in [1.165, 1.54) is 51.1 Å². The number of hydrogen-bond donors (Lipinski definition) is 1. The van der Waals surface area contributed by atoms with Gasteiger partial charge in [0.15, 0.2) is 0 Å². The first-order valence-electron chi connectivity index (χ1n) is 8.47. The molecule has 4 heteroatoms. The second-order valence-corrected chi connectivity index (χ2v) is 6.46. The Kier molecular flexibility index (Phi) is 5.09. The molecule has 1 aromatic rings. The summed E-state index contributed by atoms with van der Waals surface area (Å²) in [6, 6.07) is 4.26. The minimum Gasteiger partial charge on any atom is -0.370 e. The highest BCUT2D eigenvalue weighted by atomic mass is 15.3. The number of hydrogen-bond acceptors (Lipinski definition) is 4. The first-order chi connectivity index (χ1) is 10.3. The third kappa shape index (κ3) is 4.42. The van der Waals surface area contributed by atoms with Crippen molar-refractivity contribution in [3.63, 3.8) is 0 Å². The van der Waals surface area contributed by atoms with Gasteiger partial charge < -0.3 is 10.2 Å². The minimum atomic E-state index is 0.999. The molecule has 0 unspecified atom stereocenters. The predicted molar refractivity (Wildman–Crippen MR) is 87.5 cm³/mol. The number of anilines is 1. The van der Waals surface area contributed by atoms with Crippen molar-refractivity contribution in [1.82, 2.24) is 14.8 Å². The van der Waals surface area contributed by atoms with Gasteiger partial charge in [-0.1, -0.05) is 13.0 Å². The molecule has 2 fully saturated rings. The summed E-state index contributed by atoms with van der Waals surface area (Å²) in [5, 5.41) is 3.45. The van der Waals surface area contributed by atoms with Gasteiger partial charge in [-0.25, -0.2) is 4.98 Å². The van der Waals surface area contributed by atoms with Crippen LogP contribution in [0.2, 0.25) is 0 Å². The molecule has 0 bridgehead atoms. The lowest BCUT2D eigenvalue weighted by atomic mass is 10.2. The number of nitrogens with one attached hydrogen (secondary N) is 1. The molecule has 0 spiro atoms. The van der Waals surface area contributed by atoms with Crippen molar-refractivity contribution < 1.29 is 0 Å². The number of piperazine rings is 1. The number of rotatable bonds is 7. The van der Waals surface area contributed by atoms with Crippen molar-refractivity contribution in [2.45, 2.75) is 32.7 Å². The molecule has 2 aliphatic rings. The molecule has 0 amide bonds. The molecule has 1 aliphatic heterocycles. The zero-order valence-electron chi connectivity index (χ0n) is 13.2. The summed E-state index contributed by atoms with van der Waals surface area (Å²) in [5.74, 6) is 2.08. The van der Waals surface area contributed by atoms with Gasteiger partial charge in [0, 0.05) is 57.6 Å². The molecule has 1 aliphatic carbocycles. The van der Waals surface area contributed by atoms with Crippen LogP contribution in [0.25, 0.3) is 0 Å². The van der Waals surface area contributed by atoms with Crippen molar-refractivity contribution >= 4 is 5.82 Å². The standard InChI is InChI=1S/C17H28N4/c1-2-7-18-17-16(4-3-8-19-17)14-21-11-9-20(10-12-21)13-15-5-6-15/h3-4,8,15H,2,5-7,9-14H2,1H3,(H,18,19). The van der Waals surface area contributed by atoms with E-state index in [0.29, 0.717) is 0 Å². The fraction of sp³-hybridized carbons (Fsp3) is 0.706. The van der Waals surface area contributed by atoms with E-state index in [2.05, 4.69) is 39.2 Å². The van der Waals surface area contributed by atoms with Crippen LogP contribution in [0.4, 0.5) is 5.82 Å². The van der Waals surface area contributed by atoms with Crippen LogP contribution in [0.5, 0.6) is 0 Å². The molecule has 116 valence electrons. The molecule has 21 heavy (non-hydrogen) atoms. The molecule has 1 saturated heterocycles. The number of nitrogens with zero attached hydrogens (tertiary/aromatic N) is 3. The van der Waals surface area contributed by atoms with Gasteiger partial charge in [0.25, 0.3) is 0 Å². The smallest absolute Gasteiger partial charge is 0.130 e. The Morgan fingerprint density at radius 1 is 1.19 bits per heavy atom. The molecular weight excluding hydrogens is 260 g/mol. The van der Waals surface area contributed by atoms with E-state index in [-0.39, 0.29) is 0 Å². The molecule has 1 saturated carbocycles. The zero-order chi connectivity index (χ0) is 14.5. The fourth-order valence-electron chi connectivity index (χ4n) is 3.01. The van der Waals surface area contributed by atoms with Gasteiger partial charge in [-0.3, -0.25) is 4.90 Å². The Bertz CT molecular complexity index is 436. The third-order valence-electron chi connectivity index (χ3n) is 4.51. The third-order valence-corrected chi connectivity index (χ3v) is 4.51. The summed E-state index contributed by atoms with van der Waals surface area (Å²) in [7, 11) is 0. The van der Waals surface area contributed by atoms with Crippen LogP contribution < -0.4 is 5.32 Å². The summed E-state index contributed by atoms with van der Waals surface area (Å²) in [4.78, 5) is 9.71. The Morgan fingerprint density at radius 2 is 1.95 bits per heavy atom. The van der Waals surface area contributed by atoms with Crippen LogP contribution in [0.3, 0.4) is 0 Å². The van der Waals surface area contributed by atoms with E-state index in [1.807, 2.05) is 6.20 Å². The molecule has 0 atom stereocenters. The maximum absolute atomic E-state index is 4.50. The average molecular weight is 288 g/mol. The van der Waals surface area contributed by atoms with Crippen LogP contribution in [0.15, 0.2) is 18.3 Å². The summed E-state index contributed by atoms with van der Waals surface area (Å²) in [5.41, 5.74) is 1.33. The molecule has 2 heterocycles. The predicted octanol–water partition coefficient (Wildman–Crippen LogP) is 2.43. The first-order valence-corrected chi connectivity index (χ1v) is 8.47. The van der Waals surface area contributed by atoms with Gasteiger partial charge in [-0.2, -0.15) is 0 Å². The molecule has 3 rings (SSSR count). The summed E-state index contributed by atoms with van der Waals surface area (Å²) in [6.07, 6.45) is 5.94.